The topological polar surface area (TPSA) is 125 Å². The van der Waals surface area contributed by atoms with Crippen molar-refractivity contribution in [3.8, 4) is 16.8 Å². The Labute approximate surface area is 326 Å². The van der Waals surface area contributed by atoms with Crippen LogP contribution in [-0.4, -0.2) is 109 Å². The number of ether oxygens (including phenoxy) is 1. The number of piperidine rings is 1. The number of hydrogen-bond acceptors (Lipinski definition) is 8. The fourth-order valence-corrected chi connectivity index (χ4v) is 7.35. The molecule has 0 aliphatic carbocycles. The summed E-state index contributed by atoms with van der Waals surface area (Å²) < 4.78 is 47.3. The van der Waals surface area contributed by atoms with Gasteiger partial charge in [-0.05, 0) is 103 Å². The lowest BCUT2D eigenvalue weighted by molar-refractivity contribution is -0.182. The van der Waals surface area contributed by atoms with Gasteiger partial charge in [-0.2, -0.15) is 23.4 Å². The molecule has 2 amide bonds. The second-order valence-electron chi connectivity index (χ2n) is 16.9. The van der Waals surface area contributed by atoms with E-state index in [0.29, 0.717) is 24.7 Å². The Bertz CT molecular complexity index is 2000. The first kappa shape index (κ1) is 40.9. The Balaban J connectivity index is 1.01. The number of piperazine rings is 1. The normalized spacial score (nSPS) is 16.9. The Morgan fingerprint density at radius 1 is 0.893 bits per heavy atom. The highest BCUT2D eigenvalue weighted by Crippen LogP contribution is 2.39. The molecule has 2 aliphatic rings. The van der Waals surface area contributed by atoms with E-state index in [4.69, 9.17) is 4.74 Å². The number of halogens is 3. The van der Waals surface area contributed by atoms with Crippen LogP contribution in [0.3, 0.4) is 0 Å². The first-order chi connectivity index (χ1) is 26.2. The minimum atomic E-state index is -4.52. The minimum Gasteiger partial charge on any atom is -0.444 e. The summed E-state index contributed by atoms with van der Waals surface area (Å²) in [5.74, 6) is -0.718. The third-order valence-electron chi connectivity index (χ3n) is 11.2. The van der Waals surface area contributed by atoms with Crippen molar-refractivity contribution in [2.24, 2.45) is 0 Å². The van der Waals surface area contributed by atoms with E-state index in [0.717, 1.165) is 75.2 Å². The number of carbonyl (C=O) groups is 2. The fraction of sp³-hybridized carbons (Fsp3) is 0.537. The fourth-order valence-electron chi connectivity index (χ4n) is 7.35. The first-order valence-corrected chi connectivity index (χ1v) is 19.2. The van der Waals surface area contributed by atoms with Gasteiger partial charge in [-0.3, -0.25) is 19.7 Å². The zero-order valence-electron chi connectivity index (χ0n) is 33.6. The van der Waals surface area contributed by atoms with Crippen molar-refractivity contribution in [1.82, 2.24) is 45.0 Å². The van der Waals surface area contributed by atoms with Crippen LogP contribution in [-0.2, 0) is 22.2 Å². The lowest BCUT2D eigenvalue weighted by Gasteiger charge is -2.47. The molecule has 0 spiro atoms. The molecule has 15 heteroatoms. The molecule has 0 saturated carbocycles. The Morgan fingerprint density at radius 2 is 1.54 bits per heavy atom. The number of nitrogens with zero attached hydrogens (tertiary/aromatic N) is 7. The van der Waals surface area contributed by atoms with Crippen LogP contribution in [0.25, 0.3) is 16.8 Å². The molecule has 2 aliphatic heterocycles. The number of hydrogen-bond donors (Lipinski definition) is 2. The minimum absolute atomic E-state index is 0.116. The Hall–Kier alpha value is -4.76. The van der Waals surface area contributed by atoms with Gasteiger partial charge in [-0.1, -0.05) is 30.3 Å². The number of likely N-dealkylation sites (tertiary alicyclic amines) is 1. The first-order valence-electron chi connectivity index (χ1n) is 19.2. The van der Waals surface area contributed by atoms with Crippen molar-refractivity contribution < 1.29 is 27.5 Å². The van der Waals surface area contributed by atoms with Crippen molar-refractivity contribution in [1.29, 1.82) is 0 Å². The van der Waals surface area contributed by atoms with Gasteiger partial charge < -0.3 is 15.0 Å². The number of aromatic nitrogens is 5. The van der Waals surface area contributed by atoms with E-state index < -0.39 is 28.9 Å². The maximum Gasteiger partial charge on any atom is 0.410 e. The van der Waals surface area contributed by atoms with E-state index in [1.807, 2.05) is 44.7 Å². The predicted molar refractivity (Wildman–Crippen MR) is 207 cm³/mol. The van der Waals surface area contributed by atoms with Gasteiger partial charge in [0, 0.05) is 57.0 Å². The van der Waals surface area contributed by atoms with Crippen molar-refractivity contribution in [2.75, 3.05) is 39.3 Å². The summed E-state index contributed by atoms with van der Waals surface area (Å²) in [6.07, 6.45) is 0.508. The molecule has 12 nitrogen and oxygen atoms in total. The van der Waals surface area contributed by atoms with Crippen molar-refractivity contribution >= 4 is 12.0 Å². The monoisotopic (exact) mass is 777 g/mol. The van der Waals surface area contributed by atoms with Crippen LogP contribution in [0.4, 0.5) is 18.0 Å². The van der Waals surface area contributed by atoms with Gasteiger partial charge in [0.1, 0.15) is 16.8 Å². The van der Waals surface area contributed by atoms with Crippen LogP contribution in [0.1, 0.15) is 94.4 Å². The summed E-state index contributed by atoms with van der Waals surface area (Å²) in [7, 11) is 0. The molecular formula is C41H54F3N9O3. The predicted octanol–water partition coefficient (Wildman–Crippen LogP) is 6.99. The molecule has 2 aromatic carbocycles. The van der Waals surface area contributed by atoms with Gasteiger partial charge in [0.05, 0.1) is 24.0 Å². The lowest BCUT2D eigenvalue weighted by atomic mass is 9.88. The number of benzene rings is 2. The van der Waals surface area contributed by atoms with Crippen LogP contribution in [0.2, 0.25) is 0 Å². The Morgan fingerprint density at radius 3 is 2.14 bits per heavy atom. The molecule has 6 rings (SSSR count). The van der Waals surface area contributed by atoms with Crippen LogP contribution >= 0.6 is 0 Å². The summed E-state index contributed by atoms with van der Waals surface area (Å²) >= 11 is 0. The molecule has 0 unspecified atom stereocenters. The van der Waals surface area contributed by atoms with Crippen LogP contribution < -0.4 is 5.32 Å². The maximum absolute atomic E-state index is 13.4. The molecule has 0 radical (unpaired) electrons. The maximum atomic E-state index is 13.4. The van der Waals surface area contributed by atoms with E-state index >= 15 is 0 Å². The Kier molecular flexibility index (Phi) is 11.4. The number of nitrogens with one attached hydrogen (secondary N) is 2. The SMILES string of the molecule is Cc1cc(-c2ccc(C(C)(C)N3CCC(N4CCN(C(=O)OC(C)(C)C)CC4)CC3)cc2)ccc1-n1cc(C(=O)NCc2nc(C(C)(C)C(F)(F)F)n[nH]2)cn1. The molecule has 2 saturated heterocycles. The molecule has 2 N–H and O–H groups in total. The van der Waals surface area contributed by atoms with Crippen molar-refractivity contribution in [2.45, 2.75) is 104 Å². The van der Waals surface area contributed by atoms with E-state index in [1.54, 1.807) is 10.9 Å². The van der Waals surface area contributed by atoms with Crippen molar-refractivity contribution in [3.63, 3.8) is 0 Å². The molecule has 56 heavy (non-hydrogen) atoms. The van der Waals surface area contributed by atoms with E-state index in [9.17, 15) is 22.8 Å². The quantitative estimate of drug-likeness (QED) is 0.187. The molecule has 2 aromatic heterocycles. The lowest BCUT2D eigenvalue weighted by Crippen LogP contribution is -2.56. The number of H-pyrrole nitrogens is 1. The van der Waals surface area contributed by atoms with Crippen LogP contribution in [0, 0.1) is 6.92 Å². The smallest absolute Gasteiger partial charge is 0.410 e. The van der Waals surface area contributed by atoms with Gasteiger partial charge in [0.15, 0.2) is 5.82 Å². The number of alkyl halides is 3. The zero-order chi connectivity index (χ0) is 40.6. The number of rotatable bonds is 9. The molecular weight excluding hydrogens is 724 g/mol. The standard InChI is InChI=1S/C41H54F3N9O3/c1-27-23-29(11-14-33(27)53-26-30(24-46-53)35(54)45-25-34-47-36(49-48-34)39(5,6)41(42,43)44)28-9-12-31(13-10-28)40(7,8)52-17-15-32(16-18-52)50-19-21-51(22-20-50)37(55)56-38(2,3)4/h9-14,23-24,26,32H,15-22,25H2,1-8H3,(H,45,54)(H,47,48,49). The number of amides is 2. The summed E-state index contributed by atoms with van der Waals surface area (Å²) in [4.78, 5) is 36.3. The van der Waals surface area contributed by atoms with Crippen LogP contribution in [0.15, 0.2) is 54.9 Å². The third-order valence-corrected chi connectivity index (χ3v) is 11.2. The second-order valence-corrected chi connectivity index (χ2v) is 16.9. The van der Waals surface area contributed by atoms with Gasteiger partial charge in [-0.25, -0.2) is 14.5 Å². The van der Waals surface area contributed by atoms with Crippen LogP contribution in [0.5, 0.6) is 0 Å². The zero-order valence-corrected chi connectivity index (χ0v) is 33.6. The summed E-state index contributed by atoms with van der Waals surface area (Å²) in [5, 5.41) is 13.2. The number of aromatic amines is 1. The van der Waals surface area contributed by atoms with Crippen molar-refractivity contribution in [3.05, 3.63) is 83.2 Å². The molecule has 4 aromatic rings. The van der Waals surface area contributed by atoms with E-state index in [-0.39, 0.29) is 24.0 Å². The second kappa shape index (κ2) is 15.6. The number of aryl methyl sites for hydroxylation is 1. The highest BCUT2D eigenvalue weighted by Gasteiger charge is 2.51. The summed E-state index contributed by atoms with van der Waals surface area (Å²) in [6.45, 7) is 19.4. The molecule has 2 fully saturated rings. The molecule has 302 valence electrons. The van der Waals surface area contributed by atoms with Gasteiger partial charge in [-0.15, -0.1) is 0 Å². The van der Waals surface area contributed by atoms with Gasteiger partial charge in [0.25, 0.3) is 5.91 Å². The number of carbonyl (C=O) groups excluding carboxylic acids is 2. The van der Waals surface area contributed by atoms with Gasteiger partial charge >= 0.3 is 12.3 Å². The van der Waals surface area contributed by atoms with E-state index in [2.05, 4.69) is 79.6 Å². The third kappa shape index (κ3) is 8.94. The average Bonchev–Trinajstić information content (AvgIpc) is 3.84. The summed E-state index contributed by atoms with van der Waals surface area (Å²) in [5.41, 5.74) is 2.65. The highest BCUT2D eigenvalue weighted by atomic mass is 19.4. The molecule has 0 bridgehead atoms. The molecule has 0 atom stereocenters. The largest absolute Gasteiger partial charge is 0.444 e. The highest BCUT2D eigenvalue weighted by molar-refractivity contribution is 5.93. The van der Waals surface area contributed by atoms with E-state index in [1.165, 1.54) is 11.8 Å². The van der Waals surface area contributed by atoms with Gasteiger partial charge in [0.2, 0.25) is 0 Å². The molecule has 4 heterocycles. The summed E-state index contributed by atoms with van der Waals surface area (Å²) in [6, 6.07) is 15.4. The average molecular weight is 778 g/mol.